The van der Waals surface area contributed by atoms with Crippen LogP contribution in [0.15, 0.2) is 24.3 Å². The number of anilines is 1. The zero-order valence-corrected chi connectivity index (χ0v) is 10.5. The highest BCUT2D eigenvalue weighted by molar-refractivity contribution is 5.55. The van der Waals surface area contributed by atoms with Crippen LogP contribution in [0, 0.1) is 5.92 Å². The summed E-state index contributed by atoms with van der Waals surface area (Å²) < 4.78 is 0. The summed E-state index contributed by atoms with van der Waals surface area (Å²) in [7, 11) is 0. The fourth-order valence-corrected chi connectivity index (χ4v) is 2.53. The topological polar surface area (TPSA) is 49.5 Å². The Balaban J connectivity index is 2.07. The lowest BCUT2D eigenvalue weighted by Crippen LogP contribution is -2.38. The molecule has 1 aliphatic heterocycles. The van der Waals surface area contributed by atoms with Gasteiger partial charge in [-0.15, -0.1) is 0 Å². The molecule has 0 radical (unpaired) electrons. The molecule has 1 aliphatic rings. The first kappa shape index (κ1) is 12.4. The van der Waals surface area contributed by atoms with Crippen molar-refractivity contribution in [1.29, 1.82) is 0 Å². The van der Waals surface area contributed by atoms with Gasteiger partial charge in [0.2, 0.25) is 0 Å². The van der Waals surface area contributed by atoms with E-state index in [0.29, 0.717) is 5.92 Å². The zero-order valence-electron chi connectivity index (χ0n) is 10.5. The molecule has 0 spiro atoms. The number of hydrogen-bond donors (Lipinski definition) is 2. The number of rotatable bonds is 4. The lowest BCUT2D eigenvalue weighted by Gasteiger charge is -2.35. The Morgan fingerprint density at radius 2 is 2.24 bits per heavy atom. The molecule has 0 aliphatic carbocycles. The first-order valence-corrected chi connectivity index (χ1v) is 6.40. The minimum Gasteiger partial charge on any atom is -0.395 e. The number of fused-ring (bicyclic) bond motifs is 1. The third-order valence-electron chi connectivity index (χ3n) is 3.44. The van der Waals surface area contributed by atoms with E-state index < -0.39 is 0 Å². The van der Waals surface area contributed by atoms with Crippen molar-refractivity contribution < 1.29 is 5.11 Å². The van der Waals surface area contributed by atoms with E-state index >= 15 is 0 Å². The van der Waals surface area contributed by atoms with Crippen LogP contribution in [-0.2, 0) is 6.42 Å². The van der Waals surface area contributed by atoms with Crippen molar-refractivity contribution in [3.8, 4) is 0 Å². The minimum atomic E-state index is -0.0978. The molecule has 2 rings (SSSR count). The van der Waals surface area contributed by atoms with Crippen molar-refractivity contribution in [2.45, 2.75) is 25.8 Å². The number of benzene rings is 1. The molecule has 0 saturated heterocycles. The van der Waals surface area contributed by atoms with Gasteiger partial charge < -0.3 is 15.7 Å². The molecule has 0 bridgehead atoms. The van der Waals surface area contributed by atoms with Crippen LogP contribution in [0.1, 0.15) is 18.9 Å². The van der Waals surface area contributed by atoms with Gasteiger partial charge >= 0.3 is 0 Å². The number of aliphatic hydroxyl groups is 1. The van der Waals surface area contributed by atoms with Crippen LogP contribution < -0.4 is 10.6 Å². The molecule has 3 heteroatoms. The first-order valence-electron chi connectivity index (χ1n) is 6.40. The Kier molecular flexibility index (Phi) is 4.02. The summed E-state index contributed by atoms with van der Waals surface area (Å²) in [5.74, 6) is 0.690. The van der Waals surface area contributed by atoms with Gasteiger partial charge in [-0.25, -0.2) is 0 Å². The van der Waals surface area contributed by atoms with Gasteiger partial charge in [-0.05, 0) is 30.4 Å². The Morgan fingerprint density at radius 3 is 3.00 bits per heavy atom. The first-order chi connectivity index (χ1) is 8.20. The smallest absolute Gasteiger partial charge is 0.0583 e. The van der Waals surface area contributed by atoms with Crippen molar-refractivity contribution >= 4 is 5.69 Å². The number of nitrogens with zero attached hydrogens (tertiary/aromatic N) is 1. The van der Waals surface area contributed by atoms with Crippen molar-refractivity contribution in [1.82, 2.24) is 0 Å². The third-order valence-corrected chi connectivity index (χ3v) is 3.44. The number of hydrogen-bond acceptors (Lipinski definition) is 3. The maximum Gasteiger partial charge on any atom is 0.0583 e. The van der Waals surface area contributed by atoms with Crippen molar-refractivity contribution in [3.63, 3.8) is 0 Å². The van der Waals surface area contributed by atoms with Crippen LogP contribution >= 0.6 is 0 Å². The molecule has 1 heterocycles. The molecule has 2 atom stereocenters. The Hall–Kier alpha value is -1.06. The molecular formula is C14H22N2O. The molecular weight excluding hydrogens is 212 g/mol. The lowest BCUT2D eigenvalue weighted by atomic mass is 9.93. The van der Waals surface area contributed by atoms with Crippen LogP contribution in [0.25, 0.3) is 0 Å². The Bertz CT molecular complexity index is 367. The van der Waals surface area contributed by atoms with E-state index in [4.69, 9.17) is 10.8 Å². The predicted octanol–water partition coefficient (Wildman–Crippen LogP) is 1.39. The second kappa shape index (κ2) is 5.52. The molecule has 94 valence electrons. The predicted molar refractivity (Wildman–Crippen MR) is 71.2 cm³/mol. The van der Waals surface area contributed by atoms with E-state index in [9.17, 15) is 0 Å². The summed E-state index contributed by atoms with van der Waals surface area (Å²) in [6.45, 7) is 4.39. The van der Waals surface area contributed by atoms with E-state index in [2.05, 4.69) is 36.1 Å². The summed E-state index contributed by atoms with van der Waals surface area (Å²) in [6.07, 6.45) is 2.01. The lowest BCUT2D eigenvalue weighted by molar-refractivity contribution is 0.260. The summed E-state index contributed by atoms with van der Waals surface area (Å²) in [5, 5.41) is 8.97. The largest absolute Gasteiger partial charge is 0.395 e. The van der Waals surface area contributed by atoms with Crippen molar-refractivity contribution in [2.24, 2.45) is 11.7 Å². The third kappa shape index (κ3) is 2.99. The van der Waals surface area contributed by atoms with E-state index in [0.717, 1.165) is 19.5 Å². The van der Waals surface area contributed by atoms with E-state index in [1.165, 1.54) is 17.7 Å². The molecule has 1 aromatic carbocycles. The van der Waals surface area contributed by atoms with Gasteiger partial charge in [0.1, 0.15) is 0 Å². The molecule has 17 heavy (non-hydrogen) atoms. The van der Waals surface area contributed by atoms with Crippen LogP contribution in [0.4, 0.5) is 5.69 Å². The van der Waals surface area contributed by atoms with Gasteiger partial charge in [-0.2, -0.15) is 0 Å². The fourth-order valence-electron chi connectivity index (χ4n) is 2.53. The molecule has 0 amide bonds. The number of para-hydroxylation sites is 1. The highest BCUT2D eigenvalue weighted by Crippen LogP contribution is 2.29. The van der Waals surface area contributed by atoms with Gasteiger partial charge in [0.05, 0.1) is 6.61 Å². The van der Waals surface area contributed by atoms with Crippen molar-refractivity contribution in [3.05, 3.63) is 29.8 Å². The summed E-state index contributed by atoms with van der Waals surface area (Å²) in [5.41, 5.74) is 8.55. The molecule has 1 aromatic rings. The van der Waals surface area contributed by atoms with Crippen molar-refractivity contribution in [2.75, 3.05) is 24.6 Å². The SMILES string of the molecule is CC1Cc2ccccc2N(CCC(N)CO)C1. The molecule has 3 nitrogen and oxygen atoms in total. The monoisotopic (exact) mass is 234 g/mol. The molecule has 0 saturated carbocycles. The highest BCUT2D eigenvalue weighted by Gasteiger charge is 2.21. The Morgan fingerprint density at radius 1 is 1.47 bits per heavy atom. The second-order valence-corrected chi connectivity index (χ2v) is 5.12. The molecule has 2 unspecified atom stereocenters. The summed E-state index contributed by atoms with van der Waals surface area (Å²) in [4.78, 5) is 2.40. The maximum absolute atomic E-state index is 8.97. The van der Waals surface area contributed by atoms with Crippen LogP contribution in [0.2, 0.25) is 0 Å². The highest BCUT2D eigenvalue weighted by atomic mass is 16.3. The van der Waals surface area contributed by atoms with E-state index in [1.54, 1.807) is 0 Å². The summed E-state index contributed by atoms with van der Waals surface area (Å²) in [6, 6.07) is 8.50. The van der Waals surface area contributed by atoms with Crippen LogP contribution in [0.5, 0.6) is 0 Å². The molecule has 0 fully saturated rings. The zero-order chi connectivity index (χ0) is 12.3. The number of aliphatic hydroxyl groups excluding tert-OH is 1. The average Bonchev–Trinajstić information content (AvgIpc) is 2.35. The van der Waals surface area contributed by atoms with Crippen LogP contribution in [-0.4, -0.2) is 30.8 Å². The quantitative estimate of drug-likeness (QED) is 0.828. The van der Waals surface area contributed by atoms with Crippen LogP contribution in [0.3, 0.4) is 0 Å². The molecule has 0 aromatic heterocycles. The second-order valence-electron chi connectivity index (χ2n) is 5.12. The van der Waals surface area contributed by atoms with Gasteiger partial charge in [-0.1, -0.05) is 25.1 Å². The maximum atomic E-state index is 8.97. The fraction of sp³-hybridized carbons (Fsp3) is 0.571. The van der Waals surface area contributed by atoms with Gasteiger partial charge in [0, 0.05) is 24.8 Å². The van der Waals surface area contributed by atoms with Gasteiger partial charge in [0.25, 0.3) is 0 Å². The number of nitrogens with two attached hydrogens (primary N) is 1. The van der Waals surface area contributed by atoms with E-state index in [1.807, 2.05) is 0 Å². The van der Waals surface area contributed by atoms with E-state index in [-0.39, 0.29) is 12.6 Å². The Labute approximate surface area is 103 Å². The summed E-state index contributed by atoms with van der Waals surface area (Å²) >= 11 is 0. The standard InChI is InChI=1S/C14H22N2O/c1-11-8-12-4-2-3-5-14(12)16(9-11)7-6-13(15)10-17/h2-5,11,13,17H,6-10,15H2,1H3. The molecule has 3 N–H and O–H groups in total. The minimum absolute atomic E-state index is 0.0744. The normalized spacial score (nSPS) is 21.1. The van der Waals surface area contributed by atoms with Gasteiger partial charge in [0.15, 0.2) is 0 Å². The van der Waals surface area contributed by atoms with Gasteiger partial charge in [-0.3, -0.25) is 0 Å². The average molecular weight is 234 g/mol.